The highest BCUT2D eigenvalue weighted by Gasteiger charge is 2.27. The molecule has 1 fully saturated rings. The average Bonchev–Trinajstić information content (AvgIpc) is 2.39. The molecule has 0 aromatic carbocycles. The first kappa shape index (κ1) is 15.9. The Morgan fingerprint density at radius 3 is 2.50 bits per heavy atom. The van der Waals surface area contributed by atoms with Crippen LogP contribution in [-0.2, 0) is 0 Å². The number of aliphatic hydroxyl groups is 1. The van der Waals surface area contributed by atoms with Crippen molar-refractivity contribution in [2.24, 2.45) is 5.41 Å². The van der Waals surface area contributed by atoms with Crippen molar-refractivity contribution >= 4 is 0 Å². The zero-order valence-corrected chi connectivity index (χ0v) is 12.9. The maximum atomic E-state index is 10.1. The van der Waals surface area contributed by atoms with Crippen molar-refractivity contribution in [1.29, 1.82) is 0 Å². The molecule has 18 heavy (non-hydrogen) atoms. The summed E-state index contributed by atoms with van der Waals surface area (Å²) in [7, 11) is 2.06. The Morgan fingerprint density at radius 1 is 1.28 bits per heavy atom. The number of likely N-dealkylation sites (tertiary alicyclic amines) is 1. The van der Waals surface area contributed by atoms with Crippen LogP contribution in [0.5, 0.6) is 0 Å². The van der Waals surface area contributed by atoms with Crippen LogP contribution in [0.2, 0.25) is 0 Å². The van der Waals surface area contributed by atoms with Crippen molar-refractivity contribution in [2.75, 3.05) is 26.7 Å². The molecule has 3 heteroatoms. The smallest absolute Gasteiger partial charge is 0.0632 e. The number of nitrogens with one attached hydrogen (secondary N) is 1. The van der Waals surface area contributed by atoms with Crippen LogP contribution in [0.25, 0.3) is 0 Å². The molecule has 1 saturated heterocycles. The Balaban J connectivity index is 2.39. The molecule has 2 atom stereocenters. The summed E-state index contributed by atoms with van der Waals surface area (Å²) >= 11 is 0. The molecule has 108 valence electrons. The molecular formula is C15H32N2O. The van der Waals surface area contributed by atoms with Gasteiger partial charge in [0.05, 0.1) is 5.60 Å². The third-order valence-electron chi connectivity index (χ3n) is 4.28. The molecule has 0 aliphatic carbocycles. The predicted octanol–water partition coefficient (Wildman–Crippen LogP) is 2.25. The van der Waals surface area contributed by atoms with Gasteiger partial charge in [-0.3, -0.25) is 0 Å². The van der Waals surface area contributed by atoms with Crippen LogP contribution in [0.3, 0.4) is 0 Å². The lowest BCUT2D eigenvalue weighted by Gasteiger charge is -2.32. The van der Waals surface area contributed by atoms with Gasteiger partial charge in [0.15, 0.2) is 0 Å². The van der Waals surface area contributed by atoms with Gasteiger partial charge in [-0.2, -0.15) is 0 Å². The molecular weight excluding hydrogens is 224 g/mol. The molecule has 3 nitrogen and oxygen atoms in total. The Morgan fingerprint density at radius 2 is 1.94 bits per heavy atom. The summed E-state index contributed by atoms with van der Waals surface area (Å²) in [6, 6.07) is 0.557. The maximum absolute atomic E-state index is 10.1. The van der Waals surface area contributed by atoms with E-state index in [1.807, 2.05) is 6.92 Å². The van der Waals surface area contributed by atoms with Crippen LogP contribution in [0.4, 0.5) is 0 Å². The molecule has 0 amide bonds. The van der Waals surface area contributed by atoms with Gasteiger partial charge in [-0.1, -0.05) is 20.8 Å². The fourth-order valence-electron chi connectivity index (χ4n) is 2.86. The second kappa shape index (κ2) is 6.36. The number of hydrogen-bond acceptors (Lipinski definition) is 3. The number of rotatable bonds is 4. The third-order valence-corrected chi connectivity index (χ3v) is 4.28. The molecule has 2 unspecified atom stereocenters. The van der Waals surface area contributed by atoms with Crippen LogP contribution >= 0.6 is 0 Å². The highest BCUT2D eigenvalue weighted by atomic mass is 16.3. The molecule has 1 aliphatic heterocycles. The van der Waals surface area contributed by atoms with E-state index in [2.05, 4.69) is 38.0 Å². The maximum Gasteiger partial charge on any atom is 0.0632 e. The van der Waals surface area contributed by atoms with Crippen molar-refractivity contribution < 1.29 is 5.11 Å². The van der Waals surface area contributed by atoms with E-state index in [4.69, 9.17) is 0 Å². The van der Waals surface area contributed by atoms with E-state index in [0.29, 0.717) is 11.5 Å². The van der Waals surface area contributed by atoms with Gasteiger partial charge in [-0.25, -0.2) is 0 Å². The largest absolute Gasteiger partial charge is 0.390 e. The van der Waals surface area contributed by atoms with E-state index in [1.54, 1.807) is 0 Å². The quantitative estimate of drug-likeness (QED) is 0.810. The molecule has 1 heterocycles. The average molecular weight is 256 g/mol. The van der Waals surface area contributed by atoms with Crippen molar-refractivity contribution in [3.63, 3.8) is 0 Å². The van der Waals surface area contributed by atoms with Gasteiger partial charge in [0.2, 0.25) is 0 Å². The fraction of sp³-hybridized carbons (Fsp3) is 1.00. The lowest BCUT2D eigenvalue weighted by atomic mass is 9.85. The van der Waals surface area contributed by atoms with Crippen LogP contribution in [0.15, 0.2) is 0 Å². The first-order valence-electron chi connectivity index (χ1n) is 7.36. The molecule has 0 radical (unpaired) electrons. The van der Waals surface area contributed by atoms with Gasteiger partial charge < -0.3 is 15.3 Å². The molecule has 0 aromatic rings. The van der Waals surface area contributed by atoms with E-state index in [-0.39, 0.29) is 0 Å². The van der Waals surface area contributed by atoms with Crippen molar-refractivity contribution in [3.05, 3.63) is 0 Å². The van der Waals surface area contributed by atoms with E-state index >= 15 is 0 Å². The Bertz CT molecular complexity index is 245. The van der Waals surface area contributed by atoms with Crippen LogP contribution < -0.4 is 5.32 Å². The second-order valence-electron chi connectivity index (χ2n) is 7.19. The van der Waals surface area contributed by atoms with Crippen molar-refractivity contribution in [3.8, 4) is 0 Å². The zero-order chi connectivity index (χ0) is 13.8. The Hall–Kier alpha value is -0.120. The number of nitrogens with zero attached hydrogens (tertiary/aromatic N) is 1. The molecule has 0 saturated carbocycles. The van der Waals surface area contributed by atoms with E-state index < -0.39 is 5.60 Å². The summed E-state index contributed by atoms with van der Waals surface area (Å²) in [5.41, 5.74) is -0.132. The van der Waals surface area contributed by atoms with Gasteiger partial charge in [0.25, 0.3) is 0 Å². The molecule has 1 rings (SSSR count). The van der Waals surface area contributed by atoms with Crippen molar-refractivity contribution in [2.45, 2.75) is 65.0 Å². The summed E-state index contributed by atoms with van der Waals surface area (Å²) in [5.74, 6) is 0. The summed E-state index contributed by atoms with van der Waals surface area (Å²) in [6.07, 6.45) is 4.15. The molecule has 0 spiro atoms. The van der Waals surface area contributed by atoms with Gasteiger partial charge >= 0.3 is 0 Å². The molecule has 0 aromatic heterocycles. The van der Waals surface area contributed by atoms with Crippen molar-refractivity contribution in [1.82, 2.24) is 10.2 Å². The zero-order valence-electron chi connectivity index (χ0n) is 12.9. The first-order chi connectivity index (χ1) is 8.24. The molecule has 2 N–H and O–H groups in total. The van der Waals surface area contributed by atoms with Crippen LogP contribution in [0, 0.1) is 5.41 Å². The summed E-state index contributed by atoms with van der Waals surface area (Å²) in [5, 5.41) is 13.5. The summed E-state index contributed by atoms with van der Waals surface area (Å²) < 4.78 is 0. The second-order valence-corrected chi connectivity index (χ2v) is 7.19. The summed E-state index contributed by atoms with van der Waals surface area (Å²) in [6.45, 7) is 12.2. The Kier molecular flexibility index (Phi) is 5.63. The minimum Gasteiger partial charge on any atom is -0.390 e. The van der Waals surface area contributed by atoms with E-state index in [1.165, 1.54) is 6.42 Å². The van der Waals surface area contributed by atoms with E-state index in [0.717, 1.165) is 38.9 Å². The molecule has 0 bridgehead atoms. The third kappa shape index (κ3) is 5.25. The SMILES string of the molecule is CNC(CCN1CCCC(C)(O)CC1)C(C)(C)C. The molecule has 1 aliphatic rings. The van der Waals surface area contributed by atoms with Gasteiger partial charge in [-0.15, -0.1) is 0 Å². The minimum absolute atomic E-state index is 0.312. The topological polar surface area (TPSA) is 35.5 Å². The normalized spacial score (nSPS) is 29.0. The van der Waals surface area contributed by atoms with Crippen LogP contribution in [0.1, 0.15) is 53.4 Å². The van der Waals surface area contributed by atoms with E-state index in [9.17, 15) is 5.11 Å². The number of hydrogen-bond donors (Lipinski definition) is 2. The first-order valence-corrected chi connectivity index (χ1v) is 7.36. The monoisotopic (exact) mass is 256 g/mol. The summed E-state index contributed by atoms with van der Waals surface area (Å²) in [4.78, 5) is 2.51. The standard InChI is InChI=1S/C15H32N2O/c1-14(2,3)13(16-5)7-11-17-10-6-8-15(4,18)9-12-17/h13,16,18H,6-12H2,1-5H3. The lowest BCUT2D eigenvalue weighted by Crippen LogP contribution is -2.41. The fourth-order valence-corrected chi connectivity index (χ4v) is 2.86. The van der Waals surface area contributed by atoms with Gasteiger partial charge in [-0.05, 0) is 58.2 Å². The predicted molar refractivity (Wildman–Crippen MR) is 77.8 cm³/mol. The lowest BCUT2D eigenvalue weighted by molar-refractivity contribution is 0.0444. The van der Waals surface area contributed by atoms with Gasteiger partial charge in [0, 0.05) is 12.6 Å². The Labute approximate surface area is 113 Å². The highest BCUT2D eigenvalue weighted by Crippen LogP contribution is 2.24. The highest BCUT2D eigenvalue weighted by molar-refractivity contribution is 4.83. The van der Waals surface area contributed by atoms with Gasteiger partial charge in [0.1, 0.15) is 0 Å². The minimum atomic E-state index is -0.443. The van der Waals surface area contributed by atoms with Crippen LogP contribution in [-0.4, -0.2) is 48.3 Å².